The van der Waals surface area contributed by atoms with Crippen LogP contribution in [0.5, 0.6) is 5.75 Å². The summed E-state index contributed by atoms with van der Waals surface area (Å²) in [5.74, 6) is 1.20. The highest BCUT2D eigenvalue weighted by atomic mass is 16.5. The smallest absolute Gasteiger partial charge is 0.254 e. The predicted octanol–water partition coefficient (Wildman–Crippen LogP) is 3.83. The van der Waals surface area contributed by atoms with E-state index in [2.05, 4.69) is 10.4 Å². The molecule has 33 heavy (non-hydrogen) atoms. The van der Waals surface area contributed by atoms with Crippen molar-refractivity contribution in [3.05, 3.63) is 77.6 Å². The van der Waals surface area contributed by atoms with E-state index < -0.39 is 0 Å². The lowest BCUT2D eigenvalue weighted by atomic mass is 9.85. The van der Waals surface area contributed by atoms with Crippen LogP contribution in [-0.2, 0) is 6.54 Å². The summed E-state index contributed by atoms with van der Waals surface area (Å²) in [6, 6.07) is 15.2. The van der Waals surface area contributed by atoms with Gasteiger partial charge in [0, 0.05) is 42.7 Å². The Kier molecular flexibility index (Phi) is 5.86. The molecule has 5 rings (SSSR count). The highest BCUT2D eigenvalue weighted by Crippen LogP contribution is 2.30. The maximum Gasteiger partial charge on any atom is 0.254 e. The molecule has 1 saturated carbocycles. The number of hydrogen-bond acceptors (Lipinski definition) is 4. The summed E-state index contributed by atoms with van der Waals surface area (Å²) >= 11 is 0. The van der Waals surface area contributed by atoms with E-state index in [0.29, 0.717) is 23.8 Å². The summed E-state index contributed by atoms with van der Waals surface area (Å²) in [4.78, 5) is 27.6. The van der Waals surface area contributed by atoms with Crippen molar-refractivity contribution in [1.82, 2.24) is 20.0 Å². The molecule has 1 aliphatic carbocycles. The highest BCUT2D eigenvalue weighted by molar-refractivity contribution is 5.98. The van der Waals surface area contributed by atoms with Gasteiger partial charge in [0.15, 0.2) is 0 Å². The number of fused-ring (bicyclic) bond motifs is 1. The van der Waals surface area contributed by atoms with Crippen molar-refractivity contribution in [3.8, 4) is 11.4 Å². The van der Waals surface area contributed by atoms with Gasteiger partial charge in [-0.25, -0.2) is 4.68 Å². The normalized spacial score (nSPS) is 19.9. The number of carbonyl (C=O) groups excluding carboxylic acids is 2. The van der Waals surface area contributed by atoms with E-state index >= 15 is 0 Å². The third kappa shape index (κ3) is 4.35. The Morgan fingerprint density at radius 1 is 1.12 bits per heavy atom. The zero-order chi connectivity index (χ0) is 22.8. The highest BCUT2D eigenvalue weighted by Gasteiger charge is 2.31. The van der Waals surface area contributed by atoms with Gasteiger partial charge in [-0.2, -0.15) is 5.10 Å². The quantitative estimate of drug-likeness (QED) is 0.627. The molecule has 170 valence electrons. The van der Waals surface area contributed by atoms with E-state index in [1.165, 1.54) is 0 Å². The first-order valence-electron chi connectivity index (χ1n) is 11.5. The summed E-state index contributed by atoms with van der Waals surface area (Å²) < 4.78 is 7.12. The molecule has 0 bridgehead atoms. The van der Waals surface area contributed by atoms with Crippen LogP contribution in [0.15, 0.2) is 60.9 Å². The van der Waals surface area contributed by atoms with Crippen molar-refractivity contribution in [2.24, 2.45) is 5.92 Å². The lowest BCUT2D eigenvalue weighted by molar-refractivity contribution is 0.0732. The second-order valence-corrected chi connectivity index (χ2v) is 8.87. The molecule has 1 aromatic heterocycles. The van der Waals surface area contributed by atoms with Crippen LogP contribution in [0, 0.1) is 5.92 Å². The van der Waals surface area contributed by atoms with Crippen molar-refractivity contribution in [2.75, 3.05) is 13.7 Å². The van der Waals surface area contributed by atoms with Crippen LogP contribution in [0.2, 0.25) is 0 Å². The second kappa shape index (κ2) is 9.10. The summed E-state index contributed by atoms with van der Waals surface area (Å²) in [5.41, 5.74) is 3.28. The van der Waals surface area contributed by atoms with Gasteiger partial charge in [-0.15, -0.1) is 0 Å². The van der Waals surface area contributed by atoms with Gasteiger partial charge < -0.3 is 15.0 Å². The van der Waals surface area contributed by atoms with Gasteiger partial charge in [0.05, 0.1) is 7.11 Å². The van der Waals surface area contributed by atoms with Crippen LogP contribution in [0.4, 0.5) is 0 Å². The van der Waals surface area contributed by atoms with Gasteiger partial charge in [-0.3, -0.25) is 9.59 Å². The van der Waals surface area contributed by atoms with E-state index in [1.54, 1.807) is 30.1 Å². The number of methoxy groups -OCH3 is 1. The molecule has 0 spiro atoms. The molecule has 3 aromatic rings. The van der Waals surface area contributed by atoms with Crippen LogP contribution in [0.25, 0.3) is 5.69 Å². The molecule has 0 radical (unpaired) electrons. The van der Waals surface area contributed by atoms with Crippen molar-refractivity contribution >= 4 is 11.8 Å². The van der Waals surface area contributed by atoms with Gasteiger partial charge >= 0.3 is 0 Å². The van der Waals surface area contributed by atoms with Crippen LogP contribution >= 0.6 is 0 Å². The molecule has 1 fully saturated rings. The number of rotatable bonds is 6. The molecule has 7 nitrogen and oxygen atoms in total. The fourth-order valence-electron chi connectivity index (χ4n) is 4.95. The fourth-order valence-corrected chi connectivity index (χ4v) is 4.95. The fraction of sp³-hybridized carbons (Fsp3) is 0.346. The van der Waals surface area contributed by atoms with E-state index in [0.717, 1.165) is 49.0 Å². The number of nitrogens with zero attached hydrogens (tertiary/aromatic N) is 3. The first-order chi connectivity index (χ1) is 16.1. The maximum atomic E-state index is 12.9. The van der Waals surface area contributed by atoms with E-state index in [-0.39, 0.29) is 17.9 Å². The number of nitrogens with one attached hydrogen (secondary N) is 1. The Hall–Kier alpha value is -3.61. The third-order valence-corrected chi connectivity index (χ3v) is 6.75. The molecule has 0 atom stereocenters. The van der Waals surface area contributed by atoms with Crippen LogP contribution in [-0.4, -0.2) is 46.2 Å². The summed E-state index contributed by atoms with van der Waals surface area (Å²) in [7, 11) is 1.61. The number of hydrogen-bond donors (Lipinski definition) is 1. The minimum atomic E-state index is -0.0836. The van der Waals surface area contributed by atoms with Crippen molar-refractivity contribution < 1.29 is 14.3 Å². The number of amides is 2. The molecule has 1 N–H and O–H groups in total. The molecule has 0 unspecified atom stereocenters. The van der Waals surface area contributed by atoms with Crippen LogP contribution < -0.4 is 10.1 Å². The third-order valence-electron chi connectivity index (χ3n) is 6.75. The molecule has 2 aliphatic rings. The zero-order valence-electron chi connectivity index (χ0n) is 18.7. The van der Waals surface area contributed by atoms with Crippen LogP contribution in [0.3, 0.4) is 0 Å². The molecule has 2 amide bonds. The van der Waals surface area contributed by atoms with Crippen LogP contribution in [0.1, 0.15) is 52.0 Å². The predicted molar refractivity (Wildman–Crippen MR) is 125 cm³/mol. The van der Waals surface area contributed by atoms with Crippen molar-refractivity contribution in [1.29, 1.82) is 0 Å². The SMILES string of the molecule is COc1ccc(C(=O)NC2CCC(CN3Cc4ccccc4C3=O)CC2)cc1-n1cccn1. The average molecular weight is 445 g/mol. The van der Waals surface area contributed by atoms with Crippen molar-refractivity contribution in [2.45, 2.75) is 38.3 Å². The van der Waals surface area contributed by atoms with Gasteiger partial charge in [0.1, 0.15) is 11.4 Å². The standard InChI is InChI=1S/C26H28N4O3/c1-33-24-12-9-19(15-23(24)30-14-4-13-27-30)25(31)28-21-10-7-18(8-11-21)16-29-17-20-5-2-3-6-22(20)26(29)32/h2-6,9,12-15,18,21H,7-8,10-11,16-17H2,1H3,(H,28,31). The minimum Gasteiger partial charge on any atom is -0.494 e. The van der Waals surface area contributed by atoms with Gasteiger partial charge in [0.25, 0.3) is 11.8 Å². The Morgan fingerprint density at radius 3 is 2.67 bits per heavy atom. The first kappa shape index (κ1) is 21.2. The Labute approximate surface area is 193 Å². The number of ether oxygens (including phenoxy) is 1. The Morgan fingerprint density at radius 2 is 1.94 bits per heavy atom. The second-order valence-electron chi connectivity index (χ2n) is 8.87. The molecule has 7 heteroatoms. The average Bonchev–Trinajstić information content (AvgIpc) is 3.49. The molecular weight excluding hydrogens is 416 g/mol. The largest absolute Gasteiger partial charge is 0.494 e. The number of aromatic nitrogens is 2. The number of benzene rings is 2. The Bertz CT molecular complexity index is 1150. The summed E-state index contributed by atoms with van der Waals surface area (Å²) in [5, 5.41) is 7.45. The zero-order valence-corrected chi connectivity index (χ0v) is 18.7. The topological polar surface area (TPSA) is 76.5 Å². The van der Waals surface area contributed by atoms with Gasteiger partial charge in [0.2, 0.25) is 0 Å². The van der Waals surface area contributed by atoms with Gasteiger partial charge in [-0.1, -0.05) is 18.2 Å². The lowest BCUT2D eigenvalue weighted by Gasteiger charge is -2.31. The molecule has 1 aliphatic heterocycles. The summed E-state index contributed by atoms with van der Waals surface area (Å²) in [6.45, 7) is 1.50. The molecular formula is C26H28N4O3. The van der Waals surface area contributed by atoms with E-state index in [4.69, 9.17) is 4.74 Å². The molecule has 2 heterocycles. The minimum absolute atomic E-state index is 0.0836. The first-order valence-corrected chi connectivity index (χ1v) is 11.5. The molecule has 0 saturated heterocycles. The van der Waals surface area contributed by atoms with E-state index in [9.17, 15) is 9.59 Å². The molecule has 2 aromatic carbocycles. The van der Waals surface area contributed by atoms with Crippen molar-refractivity contribution in [3.63, 3.8) is 0 Å². The maximum absolute atomic E-state index is 12.9. The lowest BCUT2D eigenvalue weighted by Crippen LogP contribution is -2.40. The summed E-state index contributed by atoms with van der Waals surface area (Å²) in [6.07, 6.45) is 7.38. The van der Waals surface area contributed by atoms with E-state index in [1.807, 2.05) is 47.5 Å². The van der Waals surface area contributed by atoms with Gasteiger partial charge in [-0.05, 0) is 67.5 Å². The number of carbonyl (C=O) groups is 2. The Balaban J connectivity index is 1.16. The monoisotopic (exact) mass is 444 g/mol.